The summed E-state index contributed by atoms with van der Waals surface area (Å²) in [5.41, 5.74) is 6.25. The minimum absolute atomic E-state index is 0.849. The Morgan fingerprint density at radius 3 is 1.68 bits per heavy atom. The van der Waals surface area contributed by atoms with E-state index in [9.17, 15) is 0 Å². The Bertz CT molecular complexity index is 1340. The summed E-state index contributed by atoms with van der Waals surface area (Å²) in [5.74, 6) is 1.70. The van der Waals surface area contributed by atoms with E-state index in [1.165, 1.54) is 0 Å². The molecule has 7 nitrogen and oxygen atoms in total. The molecule has 4 aromatic rings. The van der Waals surface area contributed by atoms with Gasteiger partial charge in [-0.3, -0.25) is 9.97 Å². The van der Waals surface area contributed by atoms with Crippen LogP contribution in [-0.2, 0) is 0 Å². The summed E-state index contributed by atoms with van der Waals surface area (Å²) < 4.78 is 10.8. The standard InChI is InChI=1S/C30H39N5O2/c1-21-17-29(25-19-23(36-4)9-11-27(25)33-21)31-13-6-7-15-35(3)16-8-14-32-30-18-22(2)34-28-12-10-24(37-5)20-26(28)30/h9-12,17-20H,6-8,13-16H2,1-5H3,(H,31,33)(H,32,34). The van der Waals surface area contributed by atoms with Gasteiger partial charge in [0.25, 0.3) is 0 Å². The minimum atomic E-state index is 0.849. The molecule has 0 saturated carbocycles. The predicted molar refractivity (Wildman–Crippen MR) is 154 cm³/mol. The lowest BCUT2D eigenvalue weighted by Gasteiger charge is -2.18. The van der Waals surface area contributed by atoms with Crippen LogP contribution in [0.4, 0.5) is 11.4 Å². The SMILES string of the molecule is COc1ccc2nc(C)cc(NCCCCN(C)CCCNc3cc(C)nc4ccc(OC)cc34)c2c1. The fourth-order valence-electron chi connectivity index (χ4n) is 4.63. The number of hydrogen-bond acceptors (Lipinski definition) is 7. The second-order valence-electron chi connectivity index (χ2n) is 9.61. The van der Waals surface area contributed by atoms with Gasteiger partial charge in [0.15, 0.2) is 0 Å². The van der Waals surface area contributed by atoms with Crippen molar-refractivity contribution in [2.75, 3.05) is 58.1 Å². The second kappa shape index (κ2) is 12.6. The van der Waals surface area contributed by atoms with Crippen molar-refractivity contribution < 1.29 is 9.47 Å². The molecule has 0 spiro atoms. The normalized spacial score (nSPS) is 11.3. The highest BCUT2D eigenvalue weighted by atomic mass is 16.5. The number of anilines is 2. The number of benzene rings is 2. The summed E-state index contributed by atoms with van der Waals surface area (Å²) in [6, 6.07) is 16.3. The molecule has 0 radical (unpaired) electrons. The van der Waals surface area contributed by atoms with E-state index >= 15 is 0 Å². The van der Waals surface area contributed by atoms with Crippen LogP contribution < -0.4 is 20.1 Å². The van der Waals surface area contributed by atoms with Crippen molar-refractivity contribution in [2.45, 2.75) is 33.1 Å². The summed E-state index contributed by atoms with van der Waals surface area (Å²) in [7, 11) is 5.60. The van der Waals surface area contributed by atoms with Gasteiger partial charge >= 0.3 is 0 Å². The number of aromatic nitrogens is 2. The molecule has 4 rings (SSSR count). The molecule has 2 N–H and O–H groups in total. The number of nitrogens with zero attached hydrogens (tertiary/aromatic N) is 3. The highest BCUT2D eigenvalue weighted by molar-refractivity contribution is 5.93. The smallest absolute Gasteiger partial charge is 0.119 e. The van der Waals surface area contributed by atoms with Crippen molar-refractivity contribution >= 4 is 33.2 Å². The predicted octanol–water partition coefficient (Wildman–Crippen LogP) is 6.04. The maximum Gasteiger partial charge on any atom is 0.119 e. The molecule has 37 heavy (non-hydrogen) atoms. The zero-order valence-corrected chi connectivity index (χ0v) is 22.7. The van der Waals surface area contributed by atoms with Crippen LogP contribution in [0.1, 0.15) is 30.7 Å². The molecule has 2 heterocycles. The number of ether oxygens (including phenoxy) is 2. The van der Waals surface area contributed by atoms with Crippen LogP contribution in [0, 0.1) is 13.8 Å². The molecule has 0 aliphatic rings. The van der Waals surface area contributed by atoms with Crippen LogP contribution in [-0.4, -0.2) is 62.3 Å². The number of aryl methyl sites for hydroxylation is 2. The van der Waals surface area contributed by atoms with E-state index in [-0.39, 0.29) is 0 Å². The van der Waals surface area contributed by atoms with Crippen LogP contribution in [0.2, 0.25) is 0 Å². The van der Waals surface area contributed by atoms with Gasteiger partial charge in [0.1, 0.15) is 11.5 Å². The molecule has 0 saturated heterocycles. The largest absolute Gasteiger partial charge is 0.497 e. The number of methoxy groups -OCH3 is 2. The average molecular weight is 502 g/mol. The number of hydrogen-bond donors (Lipinski definition) is 2. The van der Waals surface area contributed by atoms with Crippen molar-refractivity contribution in [2.24, 2.45) is 0 Å². The Morgan fingerprint density at radius 2 is 1.16 bits per heavy atom. The van der Waals surface area contributed by atoms with Crippen molar-refractivity contribution in [1.29, 1.82) is 0 Å². The molecule has 0 aliphatic carbocycles. The van der Waals surface area contributed by atoms with E-state index in [1.807, 2.05) is 38.1 Å². The van der Waals surface area contributed by atoms with E-state index in [0.717, 1.165) is 102 Å². The summed E-state index contributed by atoms with van der Waals surface area (Å²) >= 11 is 0. The van der Waals surface area contributed by atoms with Crippen molar-refractivity contribution in [3.05, 3.63) is 59.9 Å². The first-order valence-corrected chi connectivity index (χ1v) is 13.0. The Hall–Kier alpha value is -3.58. The van der Waals surface area contributed by atoms with E-state index in [0.29, 0.717) is 0 Å². The van der Waals surface area contributed by atoms with Gasteiger partial charge in [-0.15, -0.1) is 0 Å². The Labute approximate surface area is 220 Å². The molecule has 0 amide bonds. The zero-order valence-electron chi connectivity index (χ0n) is 22.7. The monoisotopic (exact) mass is 501 g/mol. The summed E-state index contributed by atoms with van der Waals surface area (Å²) in [4.78, 5) is 11.7. The highest BCUT2D eigenvalue weighted by Crippen LogP contribution is 2.28. The quantitative estimate of drug-likeness (QED) is 0.216. The fraction of sp³-hybridized carbons (Fsp3) is 0.400. The average Bonchev–Trinajstić information content (AvgIpc) is 2.90. The van der Waals surface area contributed by atoms with Gasteiger partial charge in [0.2, 0.25) is 0 Å². The lowest BCUT2D eigenvalue weighted by atomic mass is 10.1. The molecule has 0 unspecified atom stereocenters. The van der Waals surface area contributed by atoms with Crippen LogP contribution in [0.5, 0.6) is 11.5 Å². The van der Waals surface area contributed by atoms with E-state index in [1.54, 1.807) is 14.2 Å². The number of rotatable bonds is 13. The molecular formula is C30H39N5O2. The summed E-state index contributed by atoms with van der Waals surface area (Å²) in [6.45, 7) is 8.06. The molecule has 7 heteroatoms. The van der Waals surface area contributed by atoms with Crippen LogP contribution in [0.3, 0.4) is 0 Å². The van der Waals surface area contributed by atoms with Crippen molar-refractivity contribution in [3.63, 3.8) is 0 Å². The Balaban J connectivity index is 1.19. The van der Waals surface area contributed by atoms with Gasteiger partial charge in [0.05, 0.1) is 25.3 Å². The molecular weight excluding hydrogens is 462 g/mol. The van der Waals surface area contributed by atoms with E-state index in [4.69, 9.17) is 9.47 Å². The molecule has 0 bridgehead atoms. The first kappa shape index (κ1) is 26.5. The molecule has 2 aromatic carbocycles. The van der Waals surface area contributed by atoms with Gasteiger partial charge in [0, 0.05) is 46.6 Å². The third-order valence-corrected chi connectivity index (χ3v) is 6.60. The summed E-state index contributed by atoms with van der Waals surface area (Å²) in [5, 5.41) is 9.42. The lowest BCUT2D eigenvalue weighted by molar-refractivity contribution is 0.326. The zero-order chi connectivity index (χ0) is 26.2. The second-order valence-corrected chi connectivity index (χ2v) is 9.61. The maximum absolute atomic E-state index is 5.40. The summed E-state index contributed by atoms with van der Waals surface area (Å²) in [6.07, 6.45) is 3.33. The molecule has 0 atom stereocenters. The molecule has 2 aromatic heterocycles. The number of pyridine rings is 2. The van der Waals surface area contributed by atoms with E-state index < -0.39 is 0 Å². The maximum atomic E-state index is 5.40. The molecule has 0 aliphatic heterocycles. The Kier molecular flexibility index (Phi) is 9.01. The van der Waals surface area contributed by atoms with Gasteiger partial charge in [-0.25, -0.2) is 0 Å². The first-order chi connectivity index (χ1) is 18.0. The van der Waals surface area contributed by atoms with Gasteiger partial charge in [-0.05, 0) is 102 Å². The molecule has 196 valence electrons. The third-order valence-electron chi connectivity index (χ3n) is 6.60. The fourth-order valence-corrected chi connectivity index (χ4v) is 4.63. The number of fused-ring (bicyclic) bond motifs is 2. The van der Waals surface area contributed by atoms with Crippen LogP contribution >= 0.6 is 0 Å². The topological polar surface area (TPSA) is 71.5 Å². The van der Waals surface area contributed by atoms with Crippen LogP contribution in [0.25, 0.3) is 21.8 Å². The molecule has 0 fully saturated rings. The Morgan fingerprint density at radius 1 is 0.676 bits per heavy atom. The third kappa shape index (κ3) is 7.01. The first-order valence-electron chi connectivity index (χ1n) is 13.0. The van der Waals surface area contributed by atoms with Gasteiger partial charge in [-0.1, -0.05) is 0 Å². The lowest BCUT2D eigenvalue weighted by Crippen LogP contribution is -2.23. The highest BCUT2D eigenvalue weighted by Gasteiger charge is 2.08. The van der Waals surface area contributed by atoms with Crippen molar-refractivity contribution in [1.82, 2.24) is 14.9 Å². The van der Waals surface area contributed by atoms with Crippen LogP contribution in [0.15, 0.2) is 48.5 Å². The van der Waals surface area contributed by atoms with E-state index in [2.05, 4.69) is 56.8 Å². The number of unbranched alkanes of at least 4 members (excludes halogenated alkanes) is 1. The number of nitrogens with one attached hydrogen (secondary N) is 2. The van der Waals surface area contributed by atoms with Gasteiger partial charge in [-0.2, -0.15) is 0 Å². The van der Waals surface area contributed by atoms with Gasteiger partial charge < -0.3 is 25.0 Å². The minimum Gasteiger partial charge on any atom is -0.497 e. The van der Waals surface area contributed by atoms with Crippen molar-refractivity contribution in [3.8, 4) is 11.5 Å².